The van der Waals surface area contributed by atoms with E-state index in [2.05, 4.69) is 5.32 Å². The Hall–Kier alpha value is -2.40. The average Bonchev–Trinajstić information content (AvgIpc) is 2.80. The highest BCUT2D eigenvalue weighted by Crippen LogP contribution is 2.38. The van der Waals surface area contributed by atoms with Crippen molar-refractivity contribution < 1.29 is 14.3 Å². The Morgan fingerprint density at radius 2 is 1.96 bits per heavy atom. The van der Waals surface area contributed by atoms with E-state index >= 15 is 0 Å². The Labute approximate surface area is 158 Å². The van der Waals surface area contributed by atoms with E-state index in [1.165, 1.54) is 0 Å². The summed E-state index contributed by atoms with van der Waals surface area (Å²) >= 11 is 6.29. The number of nitrogens with one attached hydrogen (secondary N) is 1. The fraction of sp³-hybridized carbons (Fsp3) is 0.350. The van der Waals surface area contributed by atoms with Gasteiger partial charge in [0.05, 0.1) is 24.7 Å². The number of carbonyl (C=O) groups excluding carboxylic acids is 1. The lowest BCUT2D eigenvalue weighted by atomic mass is 10.1. The monoisotopic (exact) mass is 374 g/mol. The summed E-state index contributed by atoms with van der Waals surface area (Å²) in [4.78, 5) is 14.5. The maximum atomic E-state index is 12.4. The summed E-state index contributed by atoms with van der Waals surface area (Å²) in [6.45, 7) is 3.18. The lowest BCUT2D eigenvalue weighted by Gasteiger charge is -2.16. The highest BCUT2D eigenvalue weighted by molar-refractivity contribution is 6.32. The minimum absolute atomic E-state index is 0.104. The molecule has 1 heterocycles. The van der Waals surface area contributed by atoms with Crippen molar-refractivity contribution in [3.63, 3.8) is 0 Å². The van der Waals surface area contributed by atoms with Gasteiger partial charge in [-0.1, -0.05) is 11.6 Å². The number of hydrogen-bond donors (Lipinski definition) is 1. The second-order valence-corrected chi connectivity index (χ2v) is 6.98. The van der Waals surface area contributed by atoms with Crippen LogP contribution in [-0.2, 0) is 11.2 Å². The molecule has 0 saturated heterocycles. The van der Waals surface area contributed by atoms with E-state index in [0.717, 1.165) is 28.9 Å². The summed E-state index contributed by atoms with van der Waals surface area (Å²) < 4.78 is 11.3. The number of aryl methyl sites for hydroxylation is 1. The molecule has 0 aromatic heterocycles. The Morgan fingerprint density at radius 3 is 2.69 bits per heavy atom. The van der Waals surface area contributed by atoms with Gasteiger partial charge in [0.15, 0.2) is 11.5 Å². The van der Waals surface area contributed by atoms with Crippen LogP contribution in [0.3, 0.4) is 0 Å². The Bertz CT molecular complexity index is 821. The first-order valence-electron chi connectivity index (χ1n) is 8.60. The molecule has 2 aromatic rings. The van der Waals surface area contributed by atoms with E-state index in [9.17, 15) is 4.79 Å². The predicted octanol–water partition coefficient (Wildman–Crippen LogP) is 4.06. The second kappa shape index (κ2) is 7.87. The molecule has 3 rings (SSSR count). The molecule has 26 heavy (non-hydrogen) atoms. The van der Waals surface area contributed by atoms with Crippen LogP contribution in [-0.4, -0.2) is 33.2 Å². The van der Waals surface area contributed by atoms with Gasteiger partial charge in [-0.3, -0.25) is 4.79 Å². The van der Waals surface area contributed by atoms with E-state index in [1.807, 2.05) is 50.2 Å². The Balaban J connectivity index is 1.71. The third-order valence-electron chi connectivity index (χ3n) is 4.19. The molecule has 0 spiro atoms. The number of amides is 1. The van der Waals surface area contributed by atoms with Crippen molar-refractivity contribution in [1.82, 2.24) is 0 Å². The largest absolute Gasteiger partial charge is 0.489 e. The molecular weight excluding hydrogens is 352 g/mol. The maximum absolute atomic E-state index is 12.4. The lowest BCUT2D eigenvalue weighted by Crippen LogP contribution is -2.15. The number of halogens is 1. The van der Waals surface area contributed by atoms with Gasteiger partial charge in [0, 0.05) is 31.9 Å². The van der Waals surface area contributed by atoms with Crippen LogP contribution in [0.25, 0.3) is 0 Å². The summed E-state index contributed by atoms with van der Waals surface area (Å²) in [6, 6.07) is 9.45. The predicted molar refractivity (Wildman–Crippen MR) is 105 cm³/mol. The van der Waals surface area contributed by atoms with Crippen LogP contribution in [0, 0.1) is 6.92 Å². The third kappa shape index (κ3) is 4.22. The lowest BCUT2D eigenvalue weighted by molar-refractivity contribution is -0.115. The molecule has 0 radical (unpaired) electrons. The molecule has 1 aliphatic rings. The summed E-state index contributed by atoms with van der Waals surface area (Å²) in [5.41, 5.74) is 3.79. The van der Waals surface area contributed by atoms with Gasteiger partial charge in [-0.25, -0.2) is 0 Å². The summed E-state index contributed by atoms with van der Waals surface area (Å²) in [5, 5.41) is 3.41. The van der Waals surface area contributed by atoms with Crippen LogP contribution in [0.1, 0.15) is 17.5 Å². The first-order chi connectivity index (χ1) is 12.4. The van der Waals surface area contributed by atoms with E-state index in [0.29, 0.717) is 29.7 Å². The highest BCUT2D eigenvalue weighted by atomic mass is 35.5. The van der Waals surface area contributed by atoms with Gasteiger partial charge in [-0.15, -0.1) is 0 Å². The molecule has 0 unspecified atom stereocenters. The topological polar surface area (TPSA) is 50.8 Å². The quantitative estimate of drug-likeness (QED) is 0.876. The molecule has 5 nitrogen and oxygen atoms in total. The van der Waals surface area contributed by atoms with Gasteiger partial charge in [0.2, 0.25) is 5.91 Å². The number of ether oxygens (including phenoxy) is 2. The fourth-order valence-corrected chi connectivity index (χ4v) is 3.30. The smallest absolute Gasteiger partial charge is 0.228 e. The maximum Gasteiger partial charge on any atom is 0.228 e. The number of fused-ring (bicyclic) bond motifs is 1. The molecule has 1 amide bonds. The zero-order valence-corrected chi connectivity index (χ0v) is 16.0. The molecule has 0 aliphatic carbocycles. The van der Waals surface area contributed by atoms with E-state index < -0.39 is 0 Å². The third-order valence-corrected chi connectivity index (χ3v) is 4.47. The van der Waals surface area contributed by atoms with Crippen LogP contribution in [0.2, 0.25) is 5.02 Å². The minimum Gasteiger partial charge on any atom is -0.489 e. The van der Waals surface area contributed by atoms with Crippen LogP contribution in [0.5, 0.6) is 11.5 Å². The van der Waals surface area contributed by atoms with Crippen molar-refractivity contribution in [3.8, 4) is 11.5 Å². The van der Waals surface area contributed by atoms with Crippen molar-refractivity contribution >= 4 is 28.9 Å². The molecule has 0 fully saturated rings. The Kier molecular flexibility index (Phi) is 5.57. The van der Waals surface area contributed by atoms with Crippen molar-refractivity contribution in [3.05, 3.63) is 46.5 Å². The fourth-order valence-electron chi connectivity index (χ4n) is 3.01. The van der Waals surface area contributed by atoms with Gasteiger partial charge >= 0.3 is 0 Å². The SMILES string of the molecule is Cc1cc(NC(=O)Cc2cc(Cl)c3c(c2)OCCCO3)ccc1N(C)C. The number of benzene rings is 2. The standard InChI is InChI=1S/C20H23ClN2O3/c1-13-9-15(5-6-17(13)23(2)3)22-19(24)12-14-10-16(21)20-18(11-14)25-7-4-8-26-20/h5-6,9-11H,4,7-8,12H2,1-3H3,(H,22,24). The van der Waals surface area contributed by atoms with Gasteiger partial charge in [-0.05, 0) is 48.4 Å². The highest BCUT2D eigenvalue weighted by Gasteiger charge is 2.17. The molecule has 138 valence electrons. The number of nitrogens with zero attached hydrogens (tertiary/aromatic N) is 1. The normalized spacial score (nSPS) is 13.1. The average molecular weight is 375 g/mol. The molecule has 0 saturated carbocycles. The van der Waals surface area contributed by atoms with Gasteiger partial charge < -0.3 is 19.7 Å². The first kappa shape index (κ1) is 18.4. The Morgan fingerprint density at radius 1 is 1.19 bits per heavy atom. The van der Waals surface area contributed by atoms with E-state index in [-0.39, 0.29) is 12.3 Å². The molecule has 0 atom stereocenters. The van der Waals surface area contributed by atoms with E-state index in [4.69, 9.17) is 21.1 Å². The number of hydrogen-bond acceptors (Lipinski definition) is 4. The van der Waals surface area contributed by atoms with Gasteiger partial charge in [0.1, 0.15) is 0 Å². The first-order valence-corrected chi connectivity index (χ1v) is 8.97. The molecule has 1 aliphatic heterocycles. The molecule has 6 heteroatoms. The van der Waals surface area contributed by atoms with Crippen LogP contribution in [0.15, 0.2) is 30.3 Å². The zero-order chi connectivity index (χ0) is 18.7. The molecule has 1 N–H and O–H groups in total. The van der Waals surface area contributed by atoms with Crippen molar-refractivity contribution in [2.75, 3.05) is 37.5 Å². The molecule has 0 bridgehead atoms. The van der Waals surface area contributed by atoms with Crippen molar-refractivity contribution in [2.45, 2.75) is 19.8 Å². The number of carbonyl (C=O) groups is 1. The number of anilines is 2. The van der Waals surface area contributed by atoms with Crippen molar-refractivity contribution in [1.29, 1.82) is 0 Å². The van der Waals surface area contributed by atoms with E-state index in [1.54, 1.807) is 6.07 Å². The van der Waals surface area contributed by atoms with Gasteiger partial charge in [-0.2, -0.15) is 0 Å². The summed E-state index contributed by atoms with van der Waals surface area (Å²) in [6.07, 6.45) is 1.02. The summed E-state index contributed by atoms with van der Waals surface area (Å²) in [7, 11) is 3.99. The second-order valence-electron chi connectivity index (χ2n) is 6.58. The van der Waals surface area contributed by atoms with Crippen molar-refractivity contribution in [2.24, 2.45) is 0 Å². The van der Waals surface area contributed by atoms with Crippen LogP contribution in [0.4, 0.5) is 11.4 Å². The number of rotatable bonds is 4. The van der Waals surface area contributed by atoms with Gasteiger partial charge in [0.25, 0.3) is 0 Å². The van der Waals surface area contributed by atoms with Crippen LogP contribution >= 0.6 is 11.6 Å². The zero-order valence-electron chi connectivity index (χ0n) is 15.3. The summed E-state index contributed by atoms with van der Waals surface area (Å²) in [5.74, 6) is 1.06. The molecule has 2 aromatic carbocycles. The molecular formula is C20H23ClN2O3. The van der Waals surface area contributed by atoms with Crippen LogP contribution < -0.4 is 19.7 Å². The minimum atomic E-state index is -0.104.